The van der Waals surface area contributed by atoms with Crippen LogP contribution in [-0.4, -0.2) is 53.8 Å². The Morgan fingerprint density at radius 2 is 2.00 bits per heavy atom. The number of carboxylic acids is 1. The predicted molar refractivity (Wildman–Crippen MR) is 68.9 cm³/mol. The summed E-state index contributed by atoms with van der Waals surface area (Å²) >= 11 is 0. The summed E-state index contributed by atoms with van der Waals surface area (Å²) in [6.45, 7) is 2.58. The van der Waals surface area contributed by atoms with Crippen molar-refractivity contribution in [2.75, 3.05) is 20.3 Å². The standard InChI is InChI=1S/C13H22N2O4/c1-13(11(16)17,9-3-4-9)14-12(18)15(7-8-19-2)10-5-6-10/h9-10H,3-8H2,1-2H3,(H,14,18)(H,16,17). The topological polar surface area (TPSA) is 78.9 Å². The highest BCUT2D eigenvalue weighted by atomic mass is 16.5. The molecule has 108 valence electrons. The number of carbonyl (C=O) groups excluding carboxylic acids is 1. The summed E-state index contributed by atoms with van der Waals surface area (Å²) in [4.78, 5) is 25.4. The lowest BCUT2D eigenvalue weighted by molar-refractivity contribution is -0.144. The van der Waals surface area contributed by atoms with Crippen molar-refractivity contribution in [3.63, 3.8) is 0 Å². The van der Waals surface area contributed by atoms with E-state index in [0.29, 0.717) is 13.2 Å². The zero-order valence-corrected chi connectivity index (χ0v) is 11.5. The average molecular weight is 270 g/mol. The van der Waals surface area contributed by atoms with Crippen molar-refractivity contribution < 1.29 is 19.4 Å². The minimum Gasteiger partial charge on any atom is -0.480 e. The van der Waals surface area contributed by atoms with Gasteiger partial charge < -0.3 is 20.1 Å². The molecule has 6 heteroatoms. The molecule has 0 aromatic heterocycles. The Morgan fingerprint density at radius 1 is 1.37 bits per heavy atom. The van der Waals surface area contributed by atoms with Crippen LogP contribution in [0.1, 0.15) is 32.6 Å². The van der Waals surface area contributed by atoms with Crippen LogP contribution in [0.3, 0.4) is 0 Å². The second kappa shape index (κ2) is 5.36. The lowest BCUT2D eigenvalue weighted by Crippen LogP contribution is -2.58. The molecule has 2 rings (SSSR count). The van der Waals surface area contributed by atoms with Crippen LogP contribution in [0.15, 0.2) is 0 Å². The lowest BCUT2D eigenvalue weighted by atomic mass is 9.96. The first-order valence-corrected chi connectivity index (χ1v) is 6.80. The molecule has 0 radical (unpaired) electrons. The van der Waals surface area contributed by atoms with Gasteiger partial charge in [0.05, 0.1) is 6.61 Å². The highest BCUT2D eigenvalue weighted by molar-refractivity contribution is 5.86. The Bertz CT molecular complexity index is 366. The molecule has 0 aromatic rings. The molecule has 0 saturated heterocycles. The largest absolute Gasteiger partial charge is 0.480 e. The first-order chi connectivity index (χ1) is 8.99. The third kappa shape index (κ3) is 3.18. The lowest BCUT2D eigenvalue weighted by Gasteiger charge is -2.31. The Labute approximate surface area is 113 Å². The van der Waals surface area contributed by atoms with E-state index in [0.717, 1.165) is 25.7 Å². The van der Waals surface area contributed by atoms with Gasteiger partial charge in [0.25, 0.3) is 0 Å². The van der Waals surface area contributed by atoms with Gasteiger partial charge in [0.15, 0.2) is 0 Å². The van der Waals surface area contributed by atoms with E-state index in [-0.39, 0.29) is 18.0 Å². The Kier molecular flexibility index (Phi) is 3.99. The highest BCUT2D eigenvalue weighted by Crippen LogP contribution is 2.40. The molecule has 2 amide bonds. The van der Waals surface area contributed by atoms with E-state index in [1.165, 1.54) is 0 Å². The fourth-order valence-electron chi connectivity index (χ4n) is 2.31. The van der Waals surface area contributed by atoms with Crippen LogP contribution in [0.5, 0.6) is 0 Å². The van der Waals surface area contributed by atoms with Crippen molar-refractivity contribution in [3.8, 4) is 0 Å². The average Bonchev–Trinajstić information content (AvgIpc) is 3.20. The van der Waals surface area contributed by atoms with E-state index in [9.17, 15) is 14.7 Å². The normalized spacial score (nSPS) is 21.6. The van der Waals surface area contributed by atoms with Gasteiger partial charge in [0, 0.05) is 19.7 Å². The van der Waals surface area contributed by atoms with E-state index in [1.54, 1.807) is 18.9 Å². The zero-order valence-electron chi connectivity index (χ0n) is 11.5. The molecule has 2 aliphatic carbocycles. The molecule has 6 nitrogen and oxygen atoms in total. The van der Waals surface area contributed by atoms with Crippen LogP contribution >= 0.6 is 0 Å². The summed E-state index contributed by atoms with van der Waals surface area (Å²) in [5.41, 5.74) is -1.14. The van der Waals surface area contributed by atoms with E-state index in [2.05, 4.69) is 5.32 Å². The van der Waals surface area contributed by atoms with Crippen molar-refractivity contribution >= 4 is 12.0 Å². The Balaban J connectivity index is 1.98. The monoisotopic (exact) mass is 270 g/mol. The van der Waals surface area contributed by atoms with Gasteiger partial charge in [-0.05, 0) is 38.5 Å². The highest BCUT2D eigenvalue weighted by Gasteiger charge is 2.49. The first kappa shape index (κ1) is 14.1. The third-order valence-corrected chi connectivity index (χ3v) is 3.99. The molecule has 2 aliphatic rings. The maximum Gasteiger partial charge on any atom is 0.329 e. The predicted octanol–water partition coefficient (Wildman–Crippen LogP) is 1.06. The molecule has 0 spiro atoms. The number of carbonyl (C=O) groups is 2. The van der Waals surface area contributed by atoms with Crippen LogP contribution in [0.4, 0.5) is 4.79 Å². The summed E-state index contributed by atoms with van der Waals surface area (Å²) in [6, 6.07) is -0.0382. The first-order valence-electron chi connectivity index (χ1n) is 6.80. The van der Waals surface area contributed by atoms with Crippen LogP contribution < -0.4 is 5.32 Å². The van der Waals surface area contributed by atoms with Crippen molar-refractivity contribution in [1.29, 1.82) is 0 Å². The van der Waals surface area contributed by atoms with Crippen LogP contribution in [0.2, 0.25) is 0 Å². The summed E-state index contributed by atoms with van der Waals surface area (Å²) < 4.78 is 5.00. The van der Waals surface area contributed by atoms with Gasteiger partial charge in [-0.15, -0.1) is 0 Å². The summed E-state index contributed by atoms with van der Waals surface area (Å²) in [5, 5.41) is 12.1. The summed E-state index contributed by atoms with van der Waals surface area (Å²) in [7, 11) is 1.59. The number of carboxylic acid groups (broad SMARTS) is 1. The van der Waals surface area contributed by atoms with Gasteiger partial charge in [0.2, 0.25) is 0 Å². The van der Waals surface area contributed by atoms with Gasteiger partial charge >= 0.3 is 12.0 Å². The molecule has 0 heterocycles. The maximum absolute atomic E-state index is 12.3. The number of methoxy groups -OCH3 is 1. The quantitative estimate of drug-likeness (QED) is 0.725. The molecule has 0 bridgehead atoms. The molecule has 1 atom stereocenters. The molecular weight excluding hydrogens is 248 g/mol. The van der Waals surface area contributed by atoms with Gasteiger partial charge in [-0.1, -0.05) is 0 Å². The van der Waals surface area contributed by atoms with Crippen molar-refractivity contribution in [2.24, 2.45) is 5.92 Å². The van der Waals surface area contributed by atoms with E-state index in [1.807, 2.05) is 0 Å². The fourth-order valence-corrected chi connectivity index (χ4v) is 2.31. The number of nitrogens with one attached hydrogen (secondary N) is 1. The number of ether oxygens (including phenoxy) is 1. The number of rotatable bonds is 7. The van der Waals surface area contributed by atoms with Gasteiger partial charge in [-0.2, -0.15) is 0 Å². The Morgan fingerprint density at radius 3 is 2.42 bits per heavy atom. The van der Waals surface area contributed by atoms with Gasteiger partial charge in [0.1, 0.15) is 5.54 Å². The molecule has 2 fully saturated rings. The number of hydrogen-bond donors (Lipinski definition) is 2. The van der Waals surface area contributed by atoms with Gasteiger partial charge in [-0.25, -0.2) is 9.59 Å². The maximum atomic E-state index is 12.3. The number of amides is 2. The molecule has 2 N–H and O–H groups in total. The molecule has 1 unspecified atom stereocenters. The van der Waals surface area contributed by atoms with Crippen molar-refractivity contribution in [2.45, 2.75) is 44.2 Å². The number of aliphatic carboxylic acids is 1. The summed E-state index contributed by atoms with van der Waals surface area (Å²) in [6.07, 6.45) is 3.71. The molecule has 0 aromatic carbocycles. The van der Waals surface area contributed by atoms with E-state index < -0.39 is 11.5 Å². The SMILES string of the molecule is COCCN(C(=O)NC(C)(C(=O)O)C1CC1)C1CC1. The molecule has 0 aliphatic heterocycles. The van der Waals surface area contributed by atoms with Crippen LogP contribution in [-0.2, 0) is 9.53 Å². The number of urea groups is 1. The summed E-state index contributed by atoms with van der Waals surface area (Å²) in [5.74, 6) is -0.900. The minimum absolute atomic E-state index is 0.0532. The number of hydrogen-bond acceptors (Lipinski definition) is 3. The van der Waals surface area contributed by atoms with Crippen LogP contribution in [0.25, 0.3) is 0 Å². The van der Waals surface area contributed by atoms with Crippen LogP contribution in [0, 0.1) is 5.92 Å². The molecular formula is C13H22N2O4. The van der Waals surface area contributed by atoms with E-state index >= 15 is 0 Å². The third-order valence-electron chi connectivity index (χ3n) is 3.99. The zero-order chi connectivity index (χ0) is 14.0. The fraction of sp³-hybridized carbons (Fsp3) is 0.846. The smallest absolute Gasteiger partial charge is 0.329 e. The Hall–Kier alpha value is -1.30. The number of nitrogens with zero attached hydrogens (tertiary/aromatic N) is 1. The second-order valence-electron chi connectivity index (χ2n) is 5.63. The van der Waals surface area contributed by atoms with Gasteiger partial charge in [-0.3, -0.25) is 0 Å². The van der Waals surface area contributed by atoms with Crippen molar-refractivity contribution in [3.05, 3.63) is 0 Å². The van der Waals surface area contributed by atoms with Crippen molar-refractivity contribution in [1.82, 2.24) is 10.2 Å². The second-order valence-corrected chi connectivity index (χ2v) is 5.63. The molecule has 19 heavy (non-hydrogen) atoms. The van der Waals surface area contributed by atoms with E-state index in [4.69, 9.17) is 4.74 Å². The minimum atomic E-state index is -1.14. The molecule has 2 saturated carbocycles.